The van der Waals surface area contributed by atoms with Gasteiger partial charge in [0.05, 0.1) is 35.5 Å². The van der Waals surface area contributed by atoms with Crippen LogP contribution in [0.2, 0.25) is 15.1 Å². The van der Waals surface area contributed by atoms with Gasteiger partial charge in [0.1, 0.15) is 0 Å². The van der Waals surface area contributed by atoms with E-state index in [1.807, 2.05) is 48.0 Å². The van der Waals surface area contributed by atoms with Gasteiger partial charge in [0.2, 0.25) is 0 Å². The molecule has 0 saturated heterocycles. The minimum absolute atomic E-state index is 0.521. The minimum Gasteiger partial charge on any atom is -0.504 e. The molecule has 0 spiro atoms. The van der Waals surface area contributed by atoms with Crippen LogP contribution in [0, 0.1) is 6.92 Å². The smallest absolute Gasteiger partial charge is 0.0921 e. The number of hydrogen-bond donors (Lipinski definition) is 0. The molecule has 0 N–H and O–H groups in total. The van der Waals surface area contributed by atoms with Crippen LogP contribution >= 0.6 is 34.8 Å². The summed E-state index contributed by atoms with van der Waals surface area (Å²) in [6, 6.07) is 12.9. The van der Waals surface area contributed by atoms with Crippen LogP contribution in [-0.2, 0) is 4.74 Å². The molecule has 1 heterocycles. The molecule has 25 heavy (non-hydrogen) atoms. The fraction of sp³-hybridized carbons (Fsp3) is 0.105. The second-order valence-corrected chi connectivity index (χ2v) is 6.69. The highest BCUT2D eigenvalue weighted by Gasteiger charge is 2.18. The summed E-state index contributed by atoms with van der Waals surface area (Å²) in [5.74, 6) is 0. The quantitative estimate of drug-likeness (QED) is 0.478. The first kappa shape index (κ1) is 17.9. The number of benzene rings is 2. The van der Waals surface area contributed by atoms with Crippen LogP contribution in [0.15, 0.2) is 48.7 Å². The Balaban J connectivity index is 2.25. The Hall–Kier alpha value is -1.94. The first-order chi connectivity index (χ1) is 12.0. The number of methoxy groups -OCH3 is 1. The van der Waals surface area contributed by atoms with Gasteiger partial charge in [-0.05, 0) is 37.3 Å². The maximum Gasteiger partial charge on any atom is 0.0921 e. The molecular formula is C19H15Cl3N2O. The Kier molecular flexibility index (Phi) is 5.38. The van der Waals surface area contributed by atoms with Crippen LogP contribution in [0.3, 0.4) is 0 Å². The number of aromatic nitrogens is 2. The number of halogens is 3. The normalized spacial score (nSPS) is 11.2. The van der Waals surface area contributed by atoms with Gasteiger partial charge in [-0.3, -0.25) is 0 Å². The summed E-state index contributed by atoms with van der Waals surface area (Å²) in [6.45, 7) is 2.01. The fourth-order valence-electron chi connectivity index (χ4n) is 2.58. The lowest BCUT2D eigenvalue weighted by Crippen LogP contribution is -2.00. The average molecular weight is 394 g/mol. The third-order valence-electron chi connectivity index (χ3n) is 3.78. The molecule has 0 aliphatic rings. The number of nitrogens with zero attached hydrogens (tertiary/aromatic N) is 2. The van der Waals surface area contributed by atoms with Crippen LogP contribution in [0.1, 0.15) is 11.3 Å². The molecule has 0 saturated carbocycles. The van der Waals surface area contributed by atoms with Gasteiger partial charge in [-0.25, -0.2) is 4.68 Å². The summed E-state index contributed by atoms with van der Waals surface area (Å²) >= 11 is 18.5. The lowest BCUT2D eigenvalue weighted by Gasteiger charge is -2.11. The SMILES string of the molecule is CO/C=C/c1nn(-c2ccc(Cl)cc2Cl)c(-c2ccc(Cl)cc2)c1C. The molecule has 1 aromatic heterocycles. The lowest BCUT2D eigenvalue weighted by molar-refractivity contribution is 0.341. The predicted molar refractivity (Wildman–Crippen MR) is 105 cm³/mol. The highest BCUT2D eigenvalue weighted by Crippen LogP contribution is 2.33. The zero-order valence-electron chi connectivity index (χ0n) is 13.6. The monoisotopic (exact) mass is 392 g/mol. The molecule has 0 bridgehead atoms. The second kappa shape index (κ2) is 7.52. The molecule has 3 aromatic rings. The number of ether oxygens (including phenoxy) is 1. The van der Waals surface area contributed by atoms with Crippen molar-refractivity contribution in [1.82, 2.24) is 9.78 Å². The summed E-state index contributed by atoms with van der Waals surface area (Å²) in [5.41, 5.74) is 4.45. The van der Waals surface area contributed by atoms with Crippen molar-refractivity contribution in [2.24, 2.45) is 0 Å². The molecule has 0 aliphatic carbocycles. The maximum atomic E-state index is 6.41. The lowest BCUT2D eigenvalue weighted by atomic mass is 10.1. The van der Waals surface area contributed by atoms with E-state index in [2.05, 4.69) is 0 Å². The molecule has 0 radical (unpaired) electrons. The van der Waals surface area contributed by atoms with E-state index in [0.29, 0.717) is 15.1 Å². The third-order valence-corrected chi connectivity index (χ3v) is 4.57. The first-order valence-electron chi connectivity index (χ1n) is 7.51. The molecule has 6 heteroatoms. The summed E-state index contributed by atoms with van der Waals surface area (Å²) in [4.78, 5) is 0. The van der Waals surface area contributed by atoms with Crippen LogP contribution in [0.4, 0.5) is 0 Å². The number of rotatable bonds is 4. The van der Waals surface area contributed by atoms with Gasteiger partial charge in [-0.2, -0.15) is 5.10 Å². The predicted octanol–water partition coefficient (Wildman–Crippen LogP) is 6.43. The van der Waals surface area contributed by atoms with Gasteiger partial charge in [0.25, 0.3) is 0 Å². The van der Waals surface area contributed by atoms with Crippen LogP contribution in [0.5, 0.6) is 0 Å². The Morgan fingerprint density at radius 2 is 1.68 bits per heavy atom. The zero-order valence-corrected chi connectivity index (χ0v) is 15.9. The Labute approximate surface area is 161 Å². The highest BCUT2D eigenvalue weighted by molar-refractivity contribution is 6.35. The van der Waals surface area contributed by atoms with Crippen molar-refractivity contribution >= 4 is 40.9 Å². The van der Waals surface area contributed by atoms with Gasteiger partial charge >= 0.3 is 0 Å². The van der Waals surface area contributed by atoms with E-state index in [9.17, 15) is 0 Å². The fourth-order valence-corrected chi connectivity index (χ4v) is 3.19. The topological polar surface area (TPSA) is 27.1 Å². The van der Waals surface area contributed by atoms with Gasteiger partial charge in [-0.15, -0.1) is 0 Å². The van der Waals surface area contributed by atoms with E-state index < -0.39 is 0 Å². The summed E-state index contributed by atoms with van der Waals surface area (Å²) in [7, 11) is 1.60. The summed E-state index contributed by atoms with van der Waals surface area (Å²) in [6.07, 6.45) is 3.41. The zero-order chi connectivity index (χ0) is 18.0. The molecule has 0 atom stereocenters. The van der Waals surface area contributed by atoms with Crippen LogP contribution in [-0.4, -0.2) is 16.9 Å². The van der Waals surface area contributed by atoms with Crippen molar-refractivity contribution in [3.8, 4) is 16.9 Å². The average Bonchev–Trinajstić information content (AvgIpc) is 2.90. The van der Waals surface area contributed by atoms with E-state index in [0.717, 1.165) is 28.2 Å². The molecule has 0 amide bonds. The Morgan fingerprint density at radius 3 is 2.32 bits per heavy atom. The number of hydrogen-bond acceptors (Lipinski definition) is 2. The first-order valence-corrected chi connectivity index (χ1v) is 8.65. The summed E-state index contributed by atoms with van der Waals surface area (Å²) < 4.78 is 6.84. The van der Waals surface area contributed by atoms with Crippen molar-refractivity contribution in [3.63, 3.8) is 0 Å². The van der Waals surface area contributed by atoms with Gasteiger partial charge < -0.3 is 4.74 Å². The molecule has 2 aromatic carbocycles. The van der Waals surface area contributed by atoms with E-state index in [-0.39, 0.29) is 0 Å². The standard InChI is InChI=1S/C19H15Cl3N2O/c1-12-17(9-10-25-2)23-24(18-8-7-15(21)11-16(18)22)19(12)13-3-5-14(20)6-4-13/h3-11H,1-2H3/b10-9+. The molecular weight excluding hydrogens is 379 g/mol. The van der Waals surface area contributed by atoms with Crippen molar-refractivity contribution in [1.29, 1.82) is 0 Å². The third kappa shape index (κ3) is 3.69. The largest absolute Gasteiger partial charge is 0.504 e. The van der Waals surface area contributed by atoms with Gasteiger partial charge in [0, 0.05) is 27.2 Å². The highest BCUT2D eigenvalue weighted by atomic mass is 35.5. The molecule has 3 rings (SSSR count). The summed E-state index contributed by atoms with van der Waals surface area (Å²) in [5, 5.41) is 6.47. The minimum atomic E-state index is 0.521. The van der Waals surface area contributed by atoms with E-state index in [1.165, 1.54) is 0 Å². The van der Waals surface area contributed by atoms with Gasteiger partial charge in [-0.1, -0.05) is 46.9 Å². The maximum absolute atomic E-state index is 6.41. The molecule has 0 unspecified atom stereocenters. The molecule has 0 fully saturated rings. The van der Waals surface area contributed by atoms with Crippen LogP contribution < -0.4 is 0 Å². The van der Waals surface area contributed by atoms with E-state index in [4.69, 9.17) is 44.6 Å². The molecule has 3 nitrogen and oxygen atoms in total. The Morgan fingerprint density at radius 1 is 1.00 bits per heavy atom. The molecule has 0 aliphatic heterocycles. The van der Waals surface area contributed by atoms with Gasteiger partial charge in [0.15, 0.2) is 0 Å². The second-order valence-electron chi connectivity index (χ2n) is 5.41. The van der Waals surface area contributed by atoms with Crippen molar-refractivity contribution < 1.29 is 4.74 Å². The van der Waals surface area contributed by atoms with E-state index >= 15 is 0 Å². The van der Waals surface area contributed by atoms with Crippen molar-refractivity contribution in [2.75, 3.05) is 7.11 Å². The van der Waals surface area contributed by atoms with Crippen LogP contribution in [0.25, 0.3) is 23.0 Å². The van der Waals surface area contributed by atoms with Crippen molar-refractivity contribution in [2.45, 2.75) is 6.92 Å². The van der Waals surface area contributed by atoms with Crippen molar-refractivity contribution in [3.05, 3.63) is 75.1 Å². The van der Waals surface area contributed by atoms with E-state index in [1.54, 1.807) is 25.5 Å². The molecule has 128 valence electrons. The Bertz CT molecular complexity index is 931.